The zero-order valence-electron chi connectivity index (χ0n) is 10.5. The molecule has 0 spiro atoms. The number of hydrogen-bond donors (Lipinski definition) is 0. The SMILES string of the molecule is CSc1ccc2c(c1)[C@@H](c1ccc(F)cc1)CC2=O. The maximum atomic E-state index is 13.0. The summed E-state index contributed by atoms with van der Waals surface area (Å²) in [6.45, 7) is 0. The summed E-state index contributed by atoms with van der Waals surface area (Å²) in [7, 11) is 0. The van der Waals surface area contributed by atoms with Crippen LogP contribution >= 0.6 is 11.8 Å². The molecule has 1 aliphatic rings. The molecule has 0 aliphatic heterocycles. The minimum Gasteiger partial charge on any atom is -0.294 e. The van der Waals surface area contributed by atoms with Gasteiger partial charge in [-0.05, 0) is 41.6 Å². The molecule has 19 heavy (non-hydrogen) atoms. The van der Waals surface area contributed by atoms with Crippen molar-refractivity contribution in [1.29, 1.82) is 0 Å². The fourth-order valence-electron chi connectivity index (χ4n) is 2.61. The summed E-state index contributed by atoms with van der Waals surface area (Å²) < 4.78 is 13.0. The Kier molecular flexibility index (Phi) is 3.15. The van der Waals surface area contributed by atoms with Crippen LogP contribution in [0.5, 0.6) is 0 Å². The van der Waals surface area contributed by atoms with Gasteiger partial charge in [0.2, 0.25) is 0 Å². The predicted octanol–water partition coefficient (Wildman–Crippen LogP) is 4.27. The molecule has 96 valence electrons. The minimum atomic E-state index is -0.244. The number of carbonyl (C=O) groups excluding carboxylic acids is 1. The molecule has 0 amide bonds. The molecule has 1 atom stereocenters. The lowest BCUT2D eigenvalue weighted by atomic mass is 9.93. The highest BCUT2D eigenvalue weighted by atomic mass is 32.2. The van der Waals surface area contributed by atoms with Crippen molar-refractivity contribution in [3.63, 3.8) is 0 Å². The van der Waals surface area contributed by atoms with E-state index >= 15 is 0 Å². The molecule has 0 N–H and O–H groups in total. The van der Waals surface area contributed by atoms with E-state index in [1.165, 1.54) is 12.1 Å². The highest BCUT2D eigenvalue weighted by Gasteiger charge is 2.30. The maximum Gasteiger partial charge on any atom is 0.164 e. The third-order valence-corrected chi connectivity index (χ3v) is 4.32. The Morgan fingerprint density at radius 3 is 2.58 bits per heavy atom. The smallest absolute Gasteiger partial charge is 0.164 e. The summed E-state index contributed by atoms with van der Waals surface area (Å²) in [4.78, 5) is 13.2. The molecular weight excluding hydrogens is 259 g/mol. The molecule has 0 heterocycles. The van der Waals surface area contributed by atoms with Crippen LogP contribution in [0.25, 0.3) is 0 Å². The molecular formula is C16H13FOS. The highest BCUT2D eigenvalue weighted by molar-refractivity contribution is 7.98. The van der Waals surface area contributed by atoms with Gasteiger partial charge < -0.3 is 0 Å². The van der Waals surface area contributed by atoms with E-state index in [2.05, 4.69) is 6.07 Å². The number of hydrogen-bond acceptors (Lipinski definition) is 2. The van der Waals surface area contributed by atoms with Crippen molar-refractivity contribution in [2.24, 2.45) is 0 Å². The van der Waals surface area contributed by atoms with Crippen LogP contribution in [0.1, 0.15) is 33.8 Å². The molecule has 3 heteroatoms. The molecule has 0 radical (unpaired) electrons. The fourth-order valence-corrected chi connectivity index (χ4v) is 3.06. The first kappa shape index (κ1) is 12.4. The summed E-state index contributed by atoms with van der Waals surface area (Å²) >= 11 is 1.66. The van der Waals surface area contributed by atoms with E-state index in [4.69, 9.17) is 0 Å². The number of fused-ring (bicyclic) bond motifs is 1. The summed E-state index contributed by atoms with van der Waals surface area (Å²) in [5, 5.41) is 0. The topological polar surface area (TPSA) is 17.1 Å². The van der Waals surface area contributed by atoms with Gasteiger partial charge in [-0.2, -0.15) is 0 Å². The first-order chi connectivity index (χ1) is 9.19. The van der Waals surface area contributed by atoms with Crippen LogP contribution in [-0.4, -0.2) is 12.0 Å². The van der Waals surface area contributed by atoms with Crippen molar-refractivity contribution in [2.75, 3.05) is 6.26 Å². The Morgan fingerprint density at radius 1 is 1.16 bits per heavy atom. The first-order valence-corrected chi connectivity index (χ1v) is 7.38. The monoisotopic (exact) mass is 272 g/mol. The first-order valence-electron chi connectivity index (χ1n) is 6.15. The van der Waals surface area contributed by atoms with E-state index in [0.29, 0.717) is 6.42 Å². The van der Waals surface area contributed by atoms with E-state index in [1.54, 1.807) is 23.9 Å². The number of halogens is 1. The average molecular weight is 272 g/mol. The lowest BCUT2D eigenvalue weighted by molar-refractivity contribution is 0.0991. The minimum absolute atomic E-state index is 0.0650. The Labute approximate surface area is 115 Å². The average Bonchev–Trinajstić information content (AvgIpc) is 2.76. The largest absolute Gasteiger partial charge is 0.294 e. The van der Waals surface area contributed by atoms with Crippen molar-refractivity contribution < 1.29 is 9.18 Å². The zero-order chi connectivity index (χ0) is 13.4. The fraction of sp³-hybridized carbons (Fsp3) is 0.188. The molecule has 0 fully saturated rings. The maximum absolute atomic E-state index is 13.0. The predicted molar refractivity (Wildman–Crippen MR) is 75.4 cm³/mol. The number of Topliss-reactive ketones (excluding diaryl/α,β-unsaturated/α-hetero) is 1. The lowest BCUT2D eigenvalue weighted by Gasteiger charge is -2.12. The third-order valence-electron chi connectivity index (χ3n) is 3.60. The van der Waals surface area contributed by atoms with Gasteiger partial charge in [0, 0.05) is 22.8 Å². The zero-order valence-corrected chi connectivity index (χ0v) is 11.3. The molecule has 1 aliphatic carbocycles. The molecule has 0 saturated heterocycles. The summed E-state index contributed by atoms with van der Waals surface area (Å²) in [5.41, 5.74) is 2.89. The Hall–Kier alpha value is -1.61. The molecule has 2 aromatic carbocycles. The van der Waals surface area contributed by atoms with Gasteiger partial charge in [0.15, 0.2) is 5.78 Å². The van der Waals surface area contributed by atoms with Gasteiger partial charge in [0.25, 0.3) is 0 Å². The molecule has 2 aromatic rings. The molecule has 0 aromatic heterocycles. The van der Waals surface area contributed by atoms with Crippen LogP contribution in [0.2, 0.25) is 0 Å². The quantitative estimate of drug-likeness (QED) is 0.760. The van der Waals surface area contributed by atoms with Gasteiger partial charge in [-0.3, -0.25) is 4.79 Å². The van der Waals surface area contributed by atoms with Crippen molar-refractivity contribution in [3.8, 4) is 0 Å². The van der Waals surface area contributed by atoms with E-state index in [0.717, 1.165) is 21.6 Å². The molecule has 0 bridgehead atoms. The second-order valence-electron chi connectivity index (χ2n) is 4.68. The van der Waals surface area contributed by atoms with Crippen molar-refractivity contribution in [1.82, 2.24) is 0 Å². The van der Waals surface area contributed by atoms with Crippen LogP contribution in [0.15, 0.2) is 47.4 Å². The summed E-state index contributed by atoms with van der Waals surface area (Å²) in [6.07, 6.45) is 2.50. The van der Waals surface area contributed by atoms with Gasteiger partial charge in [0.1, 0.15) is 5.82 Å². The normalized spacial score (nSPS) is 17.6. The van der Waals surface area contributed by atoms with Gasteiger partial charge in [0.05, 0.1) is 0 Å². The molecule has 0 unspecified atom stereocenters. The third kappa shape index (κ3) is 2.19. The Bertz CT molecular complexity index is 634. The molecule has 0 saturated carbocycles. The van der Waals surface area contributed by atoms with E-state index < -0.39 is 0 Å². The molecule has 1 nitrogen and oxygen atoms in total. The van der Waals surface area contributed by atoms with Crippen molar-refractivity contribution >= 4 is 17.5 Å². The second-order valence-corrected chi connectivity index (χ2v) is 5.56. The standard InChI is InChI=1S/C16H13FOS/c1-19-12-6-7-13-15(8-12)14(9-16(13)18)10-2-4-11(17)5-3-10/h2-8,14H,9H2,1H3/t14-/m1/s1. The van der Waals surface area contributed by atoms with Gasteiger partial charge >= 0.3 is 0 Å². The summed E-state index contributed by atoms with van der Waals surface area (Å²) in [5.74, 6) is -0.00154. The number of benzene rings is 2. The number of rotatable bonds is 2. The molecule has 3 rings (SSSR count). The highest BCUT2D eigenvalue weighted by Crippen LogP contribution is 2.39. The van der Waals surface area contributed by atoms with Crippen LogP contribution in [0.3, 0.4) is 0 Å². The van der Waals surface area contributed by atoms with Gasteiger partial charge in [-0.1, -0.05) is 18.2 Å². The summed E-state index contributed by atoms with van der Waals surface area (Å²) in [6, 6.07) is 12.4. The van der Waals surface area contributed by atoms with E-state index in [9.17, 15) is 9.18 Å². The van der Waals surface area contributed by atoms with E-state index in [-0.39, 0.29) is 17.5 Å². The second kappa shape index (κ2) is 4.82. The lowest BCUT2D eigenvalue weighted by Crippen LogP contribution is -1.97. The van der Waals surface area contributed by atoms with Gasteiger partial charge in [-0.25, -0.2) is 4.39 Å². The van der Waals surface area contributed by atoms with Crippen molar-refractivity contribution in [3.05, 3.63) is 65.0 Å². The Morgan fingerprint density at radius 2 is 1.89 bits per heavy atom. The number of thioether (sulfide) groups is 1. The van der Waals surface area contributed by atoms with Crippen LogP contribution in [-0.2, 0) is 0 Å². The Balaban J connectivity index is 2.07. The van der Waals surface area contributed by atoms with Crippen LogP contribution < -0.4 is 0 Å². The van der Waals surface area contributed by atoms with Crippen molar-refractivity contribution in [2.45, 2.75) is 17.2 Å². The number of carbonyl (C=O) groups is 1. The van der Waals surface area contributed by atoms with Crippen LogP contribution in [0.4, 0.5) is 4.39 Å². The van der Waals surface area contributed by atoms with Crippen LogP contribution in [0, 0.1) is 5.82 Å². The van der Waals surface area contributed by atoms with E-state index in [1.807, 2.05) is 18.4 Å². The van der Waals surface area contributed by atoms with Gasteiger partial charge in [-0.15, -0.1) is 11.8 Å². The number of ketones is 1.